The van der Waals surface area contributed by atoms with Crippen LogP contribution in [0.4, 0.5) is 0 Å². The number of carbonyl (C=O) groups is 2. The number of phenols is 1. The number of ether oxygens (including phenoxy) is 1. The Bertz CT molecular complexity index is 1140. The molecule has 1 fully saturated rings. The number of sulfonamides is 1. The fourth-order valence-corrected chi connectivity index (χ4v) is 4.41. The minimum absolute atomic E-state index is 0.00917. The van der Waals surface area contributed by atoms with Gasteiger partial charge in [-0.3, -0.25) is 9.59 Å². The first kappa shape index (κ1) is 22.3. The molecule has 0 radical (unpaired) electrons. The highest BCUT2D eigenvalue weighted by atomic mass is 32.2. The number of nitrogens with zero attached hydrogens (tertiary/aromatic N) is 1. The Balaban J connectivity index is 1.78. The lowest BCUT2D eigenvalue weighted by atomic mass is 10.0. The zero-order valence-corrected chi connectivity index (χ0v) is 17.3. The average Bonchev–Trinajstić information content (AvgIpc) is 2.80. The summed E-state index contributed by atoms with van der Waals surface area (Å²) in [6.45, 7) is 1.08. The minimum atomic E-state index is -3.77. The van der Waals surface area contributed by atoms with Gasteiger partial charge in [0.25, 0.3) is 5.91 Å². The molecular weight excluding hydrogens is 422 g/mol. The number of phenolic OH excluding ortho intramolecular Hbond substituents is 1. The van der Waals surface area contributed by atoms with Gasteiger partial charge in [-0.2, -0.15) is 4.31 Å². The summed E-state index contributed by atoms with van der Waals surface area (Å²) in [7, 11) is -3.77. The Hall–Kier alpha value is -3.34. The van der Waals surface area contributed by atoms with Gasteiger partial charge in [-0.05, 0) is 30.3 Å². The van der Waals surface area contributed by atoms with E-state index in [9.17, 15) is 23.1 Å². The first-order chi connectivity index (χ1) is 14.8. The predicted molar refractivity (Wildman–Crippen MR) is 113 cm³/mol. The van der Waals surface area contributed by atoms with Gasteiger partial charge in [0.15, 0.2) is 5.78 Å². The van der Waals surface area contributed by atoms with Crippen LogP contribution in [0.2, 0.25) is 0 Å². The van der Waals surface area contributed by atoms with Gasteiger partial charge in [-0.25, -0.2) is 8.42 Å². The number of aromatic hydroxyl groups is 1. The highest BCUT2D eigenvalue weighted by Gasteiger charge is 2.26. The van der Waals surface area contributed by atoms with Gasteiger partial charge >= 0.3 is 0 Å². The molecule has 3 N–H and O–H groups in total. The van der Waals surface area contributed by atoms with Crippen molar-refractivity contribution in [3.63, 3.8) is 0 Å². The van der Waals surface area contributed by atoms with E-state index in [1.165, 1.54) is 40.7 Å². The molecule has 1 amide bonds. The van der Waals surface area contributed by atoms with E-state index in [-0.39, 0.29) is 40.4 Å². The minimum Gasteiger partial charge on any atom is -0.507 e. The molecule has 2 aromatic carbocycles. The fourth-order valence-electron chi connectivity index (χ4n) is 2.95. The maximum Gasteiger partial charge on any atom is 0.255 e. The predicted octanol–water partition coefficient (Wildman–Crippen LogP) is 1.56. The summed E-state index contributed by atoms with van der Waals surface area (Å²) in [6.07, 6.45) is 1.81. The van der Waals surface area contributed by atoms with Crippen molar-refractivity contribution in [2.24, 2.45) is 0 Å². The summed E-state index contributed by atoms with van der Waals surface area (Å²) in [5, 5.41) is 19.7. The number of nitrogens with one attached hydrogen (secondary N) is 2. The molecule has 9 nitrogen and oxygen atoms in total. The number of rotatable bonds is 7. The number of hydrogen-bond donors (Lipinski definition) is 3. The van der Waals surface area contributed by atoms with Crippen molar-refractivity contribution < 1.29 is 27.9 Å². The molecule has 0 saturated carbocycles. The van der Waals surface area contributed by atoms with Crippen LogP contribution in [0.5, 0.6) is 5.75 Å². The van der Waals surface area contributed by atoms with Gasteiger partial charge in [0.2, 0.25) is 10.0 Å². The van der Waals surface area contributed by atoms with Crippen LogP contribution in [0, 0.1) is 5.41 Å². The standard InChI is InChI=1S/C21H21N3O6S/c22-13-16(20(26)18-6-1-2-7-19(18)25)14-23-21(27)15-4-3-5-17(12-15)31(28,29)24-8-10-30-11-9-24/h1-7,12-14,22,25H,8-11H2,(H,23,27)/b16-14+,22-13?. The van der Waals surface area contributed by atoms with Crippen LogP contribution >= 0.6 is 0 Å². The van der Waals surface area contributed by atoms with Crippen molar-refractivity contribution in [3.8, 4) is 5.75 Å². The van der Waals surface area contributed by atoms with Crippen LogP contribution in [-0.4, -0.2) is 62.0 Å². The molecule has 0 bridgehead atoms. The van der Waals surface area contributed by atoms with Crippen molar-refractivity contribution in [2.75, 3.05) is 26.3 Å². The van der Waals surface area contributed by atoms with Crippen molar-refractivity contribution >= 4 is 27.9 Å². The Labute approximate surface area is 179 Å². The monoisotopic (exact) mass is 443 g/mol. The quantitative estimate of drug-likeness (QED) is 0.337. The number of Topliss-reactive ketones (excluding diaryl/α,β-unsaturated/α-hetero) is 1. The summed E-state index contributed by atoms with van der Waals surface area (Å²) in [4.78, 5) is 25.0. The van der Waals surface area contributed by atoms with Crippen LogP contribution in [0.25, 0.3) is 0 Å². The summed E-state index contributed by atoms with van der Waals surface area (Å²) in [5.41, 5.74) is -0.0954. The highest BCUT2D eigenvalue weighted by Crippen LogP contribution is 2.20. The molecule has 0 unspecified atom stereocenters. The first-order valence-electron chi connectivity index (χ1n) is 9.37. The lowest BCUT2D eigenvalue weighted by Gasteiger charge is -2.26. The Morgan fingerprint density at radius 2 is 1.81 bits per heavy atom. The fraction of sp³-hybridized carbons (Fsp3) is 0.190. The van der Waals surface area contributed by atoms with E-state index in [1.54, 1.807) is 12.1 Å². The maximum absolute atomic E-state index is 12.8. The largest absolute Gasteiger partial charge is 0.507 e. The lowest BCUT2D eigenvalue weighted by molar-refractivity contribution is 0.0730. The topological polar surface area (TPSA) is 137 Å². The number of ketones is 1. The summed E-state index contributed by atoms with van der Waals surface area (Å²) in [5.74, 6) is -1.53. The maximum atomic E-state index is 12.8. The van der Waals surface area contributed by atoms with E-state index in [4.69, 9.17) is 10.1 Å². The number of morpholine rings is 1. The third kappa shape index (κ3) is 5.05. The lowest BCUT2D eigenvalue weighted by Crippen LogP contribution is -2.40. The molecule has 162 valence electrons. The van der Waals surface area contributed by atoms with Gasteiger partial charge in [0.05, 0.1) is 29.2 Å². The molecule has 10 heteroatoms. The van der Waals surface area contributed by atoms with Crippen LogP contribution in [0.1, 0.15) is 20.7 Å². The average molecular weight is 443 g/mol. The van der Waals surface area contributed by atoms with Gasteiger partial charge in [0, 0.05) is 31.1 Å². The number of hydrogen-bond acceptors (Lipinski definition) is 7. The van der Waals surface area contributed by atoms with Crippen molar-refractivity contribution in [2.45, 2.75) is 4.90 Å². The third-order valence-electron chi connectivity index (χ3n) is 4.63. The third-order valence-corrected chi connectivity index (χ3v) is 6.52. The van der Waals surface area contributed by atoms with Crippen LogP contribution in [0.15, 0.2) is 65.2 Å². The van der Waals surface area contributed by atoms with Gasteiger partial charge < -0.3 is 20.6 Å². The number of para-hydroxylation sites is 1. The normalized spacial score (nSPS) is 15.3. The molecule has 1 saturated heterocycles. The Morgan fingerprint density at radius 3 is 2.48 bits per heavy atom. The van der Waals surface area contributed by atoms with Crippen molar-refractivity contribution in [1.29, 1.82) is 5.41 Å². The molecule has 1 heterocycles. The molecule has 0 aromatic heterocycles. The van der Waals surface area contributed by atoms with Crippen LogP contribution in [0.3, 0.4) is 0 Å². The van der Waals surface area contributed by atoms with E-state index in [0.717, 1.165) is 12.4 Å². The summed E-state index contributed by atoms with van der Waals surface area (Å²) in [6, 6.07) is 11.4. The molecule has 0 spiro atoms. The summed E-state index contributed by atoms with van der Waals surface area (Å²) >= 11 is 0. The second-order valence-electron chi connectivity index (χ2n) is 6.61. The van der Waals surface area contributed by atoms with E-state index < -0.39 is 21.7 Å². The van der Waals surface area contributed by atoms with Crippen LogP contribution in [-0.2, 0) is 14.8 Å². The first-order valence-corrected chi connectivity index (χ1v) is 10.8. The number of allylic oxidation sites excluding steroid dienone is 1. The van der Waals surface area contributed by atoms with E-state index in [2.05, 4.69) is 5.32 Å². The Morgan fingerprint density at radius 1 is 1.10 bits per heavy atom. The zero-order valence-electron chi connectivity index (χ0n) is 16.4. The van der Waals surface area contributed by atoms with Gasteiger partial charge in [-0.1, -0.05) is 18.2 Å². The number of amides is 1. The zero-order chi connectivity index (χ0) is 22.4. The second-order valence-corrected chi connectivity index (χ2v) is 8.55. The SMILES string of the molecule is N=C/C(=C\NC(=O)c1cccc(S(=O)(=O)N2CCOCC2)c1)C(=O)c1ccccc1O. The highest BCUT2D eigenvalue weighted by molar-refractivity contribution is 7.89. The molecule has 0 aliphatic carbocycles. The second kappa shape index (κ2) is 9.65. The summed E-state index contributed by atoms with van der Waals surface area (Å²) < 4.78 is 32.0. The molecule has 2 aromatic rings. The van der Waals surface area contributed by atoms with Gasteiger partial charge in [0.1, 0.15) is 5.75 Å². The number of carbonyl (C=O) groups excluding carboxylic acids is 2. The molecule has 0 atom stereocenters. The number of benzene rings is 2. The van der Waals surface area contributed by atoms with E-state index in [0.29, 0.717) is 13.2 Å². The molecular formula is C21H21N3O6S. The van der Waals surface area contributed by atoms with Crippen molar-refractivity contribution in [3.05, 3.63) is 71.4 Å². The molecule has 3 rings (SSSR count). The van der Waals surface area contributed by atoms with E-state index in [1.807, 2.05) is 0 Å². The Kier molecular flexibility index (Phi) is 6.95. The van der Waals surface area contributed by atoms with E-state index >= 15 is 0 Å². The molecule has 1 aliphatic heterocycles. The van der Waals surface area contributed by atoms with Crippen molar-refractivity contribution in [1.82, 2.24) is 9.62 Å². The smallest absolute Gasteiger partial charge is 0.255 e. The van der Waals surface area contributed by atoms with Crippen LogP contribution < -0.4 is 5.32 Å². The molecule has 31 heavy (non-hydrogen) atoms. The van der Waals surface area contributed by atoms with Gasteiger partial charge in [-0.15, -0.1) is 0 Å². The molecule has 1 aliphatic rings.